The molecule has 1 heterocycles. The van der Waals surface area contributed by atoms with E-state index in [0.29, 0.717) is 5.25 Å². The lowest BCUT2D eigenvalue weighted by atomic mass is 10.1. The first-order valence-electron chi connectivity index (χ1n) is 5.33. The Morgan fingerprint density at radius 3 is 2.81 bits per heavy atom. The van der Waals surface area contributed by atoms with Gasteiger partial charge in [0.05, 0.1) is 5.69 Å². The molecule has 1 aliphatic heterocycles. The lowest BCUT2D eigenvalue weighted by Gasteiger charge is -2.39. The van der Waals surface area contributed by atoms with E-state index in [2.05, 4.69) is 19.9 Å². The van der Waals surface area contributed by atoms with E-state index < -0.39 is 5.97 Å². The molecule has 4 heteroatoms. The third-order valence-corrected chi connectivity index (χ3v) is 4.33. The maximum Gasteiger partial charge on any atom is 0.323 e. The van der Waals surface area contributed by atoms with Gasteiger partial charge in [0.2, 0.25) is 0 Å². The van der Waals surface area contributed by atoms with Gasteiger partial charge in [-0.15, -0.1) is 11.8 Å². The molecule has 1 aromatic carbocycles. The summed E-state index contributed by atoms with van der Waals surface area (Å²) in [5, 5.41) is 9.36. The molecule has 1 N–H and O–H groups in total. The highest BCUT2D eigenvalue weighted by atomic mass is 32.2. The second-order valence-corrected chi connectivity index (χ2v) is 5.47. The van der Waals surface area contributed by atoms with Crippen molar-refractivity contribution < 1.29 is 9.90 Å². The van der Waals surface area contributed by atoms with Gasteiger partial charge in [0.25, 0.3) is 0 Å². The van der Waals surface area contributed by atoms with Crippen LogP contribution in [0.1, 0.15) is 13.8 Å². The fourth-order valence-electron chi connectivity index (χ4n) is 1.94. The maximum atomic E-state index is 10.9. The molecule has 3 nitrogen and oxygen atoms in total. The Kier molecular flexibility index (Phi) is 3.10. The highest BCUT2D eigenvalue weighted by molar-refractivity contribution is 8.00. The van der Waals surface area contributed by atoms with E-state index in [0.717, 1.165) is 5.69 Å². The molecule has 0 bridgehead atoms. The fourth-order valence-corrected chi connectivity index (χ4v) is 3.15. The Balaban J connectivity index is 2.37. The van der Waals surface area contributed by atoms with Crippen LogP contribution in [0.3, 0.4) is 0 Å². The summed E-state index contributed by atoms with van der Waals surface area (Å²) in [4.78, 5) is 14.0. The average Bonchev–Trinajstić information content (AvgIpc) is 2.24. The molecule has 0 fully saturated rings. The zero-order valence-corrected chi connectivity index (χ0v) is 10.2. The molecule has 0 aromatic heterocycles. The van der Waals surface area contributed by atoms with Crippen LogP contribution in [0.2, 0.25) is 0 Å². The van der Waals surface area contributed by atoms with E-state index in [1.807, 2.05) is 34.9 Å². The molecule has 0 radical (unpaired) electrons. The fraction of sp³-hybridized carbons (Fsp3) is 0.417. The molecule has 2 atom stereocenters. The molecule has 2 rings (SSSR count). The quantitative estimate of drug-likeness (QED) is 0.857. The first-order valence-corrected chi connectivity index (χ1v) is 6.21. The number of para-hydroxylation sites is 1. The molecule has 86 valence electrons. The van der Waals surface area contributed by atoms with Gasteiger partial charge in [0.1, 0.15) is 6.54 Å². The summed E-state index contributed by atoms with van der Waals surface area (Å²) in [6.45, 7) is 4.29. The minimum atomic E-state index is -0.777. The van der Waals surface area contributed by atoms with Crippen molar-refractivity contribution in [2.24, 2.45) is 0 Å². The van der Waals surface area contributed by atoms with Crippen LogP contribution < -0.4 is 4.90 Å². The summed E-state index contributed by atoms with van der Waals surface area (Å²) in [5.41, 5.74) is 1.04. The molecule has 0 saturated carbocycles. The number of carboxylic acid groups (broad SMARTS) is 1. The van der Waals surface area contributed by atoms with Crippen molar-refractivity contribution in [1.29, 1.82) is 0 Å². The van der Waals surface area contributed by atoms with E-state index >= 15 is 0 Å². The van der Waals surface area contributed by atoms with Crippen molar-refractivity contribution in [3.63, 3.8) is 0 Å². The zero-order valence-electron chi connectivity index (χ0n) is 9.38. The van der Waals surface area contributed by atoms with Crippen molar-refractivity contribution in [2.75, 3.05) is 11.4 Å². The molecule has 0 saturated heterocycles. The van der Waals surface area contributed by atoms with Gasteiger partial charge in [-0.05, 0) is 19.1 Å². The van der Waals surface area contributed by atoms with Gasteiger partial charge < -0.3 is 10.0 Å². The minimum absolute atomic E-state index is 0.0725. The second kappa shape index (κ2) is 4.37. The molecule has 16 heavy (non-hydrogen) atoms. The molecule has 2 unspecified atom stereocenters. The summed E-state index contributed by atoms with van der Waals surface area (Å²) in [6, 6.07) is 8.24. The average molecular weight is 237 g/mol. The van der Waals surface area contributed by atoms with Gasteiger partial charge in [-0.25, -0.2) is 0 Å². The van der Waals surface area contributed by atoms with E-state index in [-0.39, 0.29) is 12.6 Å². The summed E-state index contributed by atoms with van der Waals surface area (Å²) >= 11 is 1.82. The van der Waals surface area contributed by atoms with E-state index in [1.165, 1.54) is 4.90 Å². The monoisotopic (exact) mass is 237 g/mol. The Morgan fingerprint density at radius 2 is 2.12 bits per heavy atom. The van der Waals surface area contributed by atoms with Gasteiger partial charge in [-0.3, -0.25) is 4.79 Å². The molecular formula is C12H15NO2S. The normalized spacial score (nSPS) is 24.0. The molecular weight excluding hydrogens is 222 g/mol. The van der Waals surface area contributed by atoms with Gasteiger partial charge >= 0.3 is 5.97 Å². The number of thioether (sulfide) groups is 1. The van der Waals surface area contributed by atoms with Crippen LogP contribution in [0.4, 0.5) is 5.69 Å². The molecule has 1 aliphatic rings. The maximum absolute atomic E-state index is 10.9. The summed E-state index contributed by atoms with van der Waals surface area (Å²) in [7, 11) is 0. The van der Waals surface area contributed by atoms with Crippen LogP contribution in [0.25, 0.3) is 0 Å². The SMILES string of the molecule is CC1Sc2ccccc2N(CC(=O)O)C1C. The highest BCUT2D eigenvalue weighted by Crippen LogP contribution is 2.40. The Morgan fingerprint density at radius 1 is 1.44 bits per heavy atom. The lowest BCUT2D eigenvalue weighted by Crippen LogP contribution is -2.44. The standard InChI is InChI=1S/C12H15NO2S/c1-8-9(2)16-11-6-4-3-5-10(11)13(8)7-12(14)15/h3-6,8-9H,7H2,1-2H3,(H,14,15). The lowest BCUT2D eigenvalue weighted by molar-refractivity contribution is -0.135. The summed E-state index contributed by atoms with van der Waals surface area (Å²) in [5.74, 6) is -0.777. The summed E-state index contributed by atoms with van der Waals surface area (Å²) < 4.78 is 0. The van der Waals surface area contributed by atoms with E-state index in [4.69, 9.17) is 5.11 Å². The van der Waals surface area contributed by atoms with Crippen LogP contribution >= 0.6 is 11.8 Å². The number of aliphatic carboxylic acids is 1. The summed E-state index contributed by atoms with van der Waals surface area (Å²) in [6.07, 6.45) is 0. The molecule has 0 spiro atoms. The smallest absolute Gasteiger partial charge is 0.323 e. The van der Waals surface area contributed by atoms with Crippen LogP contribution in [0, 0.1) is 0 Å². The predicted octanol–water partition coefficient (Wildman–Crippen LogP) is 2.46. The second-order valence-electron chi connectivity index (χ2n) is 4.05. The number of hydrogen-bond donors (Lipinski definition) is 1. The highest BCUT2D eigenvalue weighted by Gasteiger charge is 2.29. The number of hydrogen-bond acceptors (Lipinski definition) is 3. The van der Waals surface area contributed by atoms with Gasteiger partial charge in [0.15, 0.2) is 0 Å². The number of benzene rings is 1. The third-order valence-electron chi connectivity index (χ3n) is 2.96. The Hall–Kier alpha value is -1.16. The third kappa shape index (κ3) is 2.02. The number of fused-ring (bicyclic) bond motifs is 1. The van der Waals surface area contributed by atoms with Crippen molar-refractivity contribution in [3.05, 3.63) is 24.3 Å². The van der Waals surface area contributed by atoms with Crippen molar-refractivity contribution in [2.45, 2.75) is 30.0 Å². The number of carbonyl (C=O) groups is 1. The van der Waals surface area contributed by atoms with Crippen molar-refractivity contribution in [1.82, 2.24) is 0 Å². The van der Waals surface area contributed by atoms with E-state index in [1.54, 1.807) is 0 Å². The van der Waals surface area contributed by atoms with Gasteiger partial charge in [-0.2, -0.15) is 0 Å². The van der Waals surface area contributed by atoms with Crippen LogP contribution in [0.15, 0.2) is 29.2 Å². The zero-order chi connectivity index (χ0) is 11.7. The number of rotatable bonds is 2. The first-order chi connectivity index (χ1) is 7.59. The van der Waals surface area contributed by atoms with Crippen LogP contribution in [-0.2, 0) is 4.79 Å². The molecule has 1 aromatic rings. The Bertz CT molecular complexity index is 408. The van der Waals surface area contributed by atoms with Crippen molar-refractivity contribution >= 4 is 23.4 Å². The minimum Gasteiger partial charge on any atom is -0.480 e. The van der Waals surface area contributed by atoms with Crippen molar-refractivity contribution in [3.8, 4) is 0 Å². The largest absolute Gasteiger partial charge is 0.480 e. The van der Waals surface area contributed by atoms with Crippen LogP contribution in [-0.4, -0.2) is 28.9 Å². The van der Waals surface area contributed by atoms with Gasteiger partial charge in [-0.1, -0.05) is 19.1 Å². The number of carboxylic acids is 1. The van der Waals surface area contributed by atoms with E-state index in [9.17, 15) is 4.79 Å². The first kappa shape index (κ1) is 11.3. The van der Waals surface area contributed by atoms with Gasteiger partial charge in [0, 0.05) is 16.2 Å². The Labute approximate surface area is 99.5 Å². The number of anilines is 1. The molecule has 0 amide bonds. The topological polar surface area (TPSA) is 40.5 Å². The van der Waals surface area contributed by atoms with Crippen LogP contribution in [0.5, 0.6) is 0 Å². The molecule has 0 aliphatic carbocycles. The predicted molar refractivity (Wildman–Crippen MR) is 66.2 cm³/mol. The number of nitrogens with zero attached hydrogens (tertiary/aromatic N) is 1.